The molecular formula is C17H25FN2O. The third kappa shape index (κ3) is 4.03. The fourth-order valence-corrected chi connectivity index (χ4v) is 3.12. The normalized spacial score (nSPS) is 22.7. The van der Waals surface area contributed by atoms with Crippen LogP contribution in [0.2, 0.25) is 0 Å². The average Bonchev–Trinajstić information content (AvgIpc) is 2.66. The highest BCUT2D eigenvalue weighted by Crippen LogP contribution is 2.22. The number of halogens is 1. The van der Waals surface area contributed by atoms with E-state index >= 15 is 0 Å². The number of nitrogens with one attached hydrogen (secondary N) is 1. The highest BCUT2D eigenvalue weighted by atomic mass is 19.1. The van der Waals surface area contributed by atoms with Crippen molar-refractivity contribution < 1.29 is 9.18 Å². The molecule has 0 bridgehead atoms. The number of hydrogen-bond acceptors (Lipinski definition) is 2. The number of nitrogens with two attached hydrogens (primary N) is 1. The van der Waals surface area contributed by atoms with E-state index in [4.69, 9.17) is 5.73 Å². The van der Waals surface area contributed by atoms with Crippen LogP contribution in [0.3, 0.4) is 0 Å². The number of carbonyl (C=O) groups is 1. The van der Waals surface area contributed by atoms with Crippen LogP contribution in [0.15, 0.2) is 12.1 Å². The lowest BCUT2D eigenvalue weighted by molar-refractivity contribution is -0.126. The monoisotopic (exact) mass is 292 g/mol. The molecule has 3 nitrogen and oxygen atoms in total. The maximum Gasteiger partial charge on any atom is 0.224 e. The van der Waals surface area contributed by atoms with Crippen molar-refractivity contribution in [1.82, 2.24) is 5.32 Å². The summed E-state index contributed by atoms with van der Waals surface area (Å²) in [5, 5.41) is 2.96. The maximum atomic E-state index is 13.6. The van der Waals surface area contributed by atoms with Crippen molar-refractivity contribution in [3.05, 3.63) is 34.6 Å². The van der Waals surface area contributed by atoms with Gasteiger partial charge in [-0.15, -0.1) is 0 Å². The summed E-state index contributed by atoms with van der Waals surface area (Å²) >= 11 is 0. The summed E-state index contributed by atoms with van der Waals surface area (Å²) in [5.74, 6) is -0.227. The summed E-state index contributed by atoms with van der Waals surface area (Å²) in [5.41, 5.74) is 8.27. The molecule has 1 saturated carbocycles. The van der Waals surface area contributed by atoms with E-state index in [1.54, 1.807) is 26.0 Å². The van der Waals surface area contributed by atoms with Gasteiger partial charge in [-0.05, 0) is 43.4 Å². The fourth-order valence-electron chi connectivity index (χ4n) is 3.12. The molecule has 0 spiro atoms. The summed E-state index contributed by atoms with van der Waals surface area (Å²) in [6.07, 6.45) is 5.14. The molecule has 2 rings (SSSR count). The van der Waals surface area contributed by atoms with E-state index < -0.39 is 0 Å². The fraction of sp³-hybridized carbons (Fsp3) is 0.588. The molecule has 0 saturated heterocycles. The summed E-state index contributed by atoms with van der Waals surface area (Å²) in [7, 11) is 0. The van der Waals surface area contributed by atoms with Crippen molar-refractivity contribution in [2.75, 3.05) is 0 Å². The van der Waals surface area contributed by atoms with Gasteiger partial charge in [-0.1, -0.05) is 31.4 Å². The van der Waals surface area contributed by atoms with Gasteiger partial charge in [0, 0.05) is 12.6 Å². The number of amides is 1. The molecule has 1 aromatic carbocycles. The molecule has 0 aliphatic heterocycles. The van der Waals surface area contributed by atoms with Gasteiger partial charge in [0.25, 0.3) is 0 Å². The van der Waals surface area contributed by atoms with Gasteiger partial charge in [0.15, 0.2) is 0 Å². The highest BCUT2D eigenvalue weighted by Gasteiger charge is 2.26. The summed E-state index contributed by atoms with van der Waals surface area (Å²) < 4.78 is 13.6. The number of hydrogen-bond donors (Lipinski definition) is 2. The number of carbonyl (C=O) groups excluding carboxylic acids is 1. The minimum absolute atomic E-state index is 0.0315. The van der Waals surface area contributed by atoms with Crippen molar-refractivity contribution in [3.63, 3.8) is 0 Å². The van der Waals surface area contributed by atoms with E-state index in [-0.39, 0.29) is 23.7 Å². The molecule has 1 aromatic rings. The molecule has 1 amide bonds. The lowest BCUT2D eigenvalue weighted by atomic mass is 9.94. The standard InChI is InChI=1S/C17H25FN2O/c1-11-8-13(9-12(2)16(11)18)10-20-17(21)14-6-4-3-5-7-15(14)19/h8-9,14-15H,3-7,10,19H2,1-2H3,(H,20,21). The van der Waals surface area contributed by atoms with Crippen molar-refractivity contribution in [2.45, 2.75) is 58.5 Å². The minimum Gasteiger partial charge on any atom is -0.352 e. The van der Waals surface area contributed by atoms with Crippen molar-refractivity contribution in [2.24, 2.45) is 11.7 Å². The molecule has 21 heavy (non-hydrogen) atoms. The minimum atomic E-state index is -0.170. The first-order valence-corrected chi connectivity index (χ1v) is 7.78. The predicted molar refractivity (Wildman–Crippen MR) is 82.3 cm³/mol. The van der Waals surface area contributed by atoms with Gasteiger partial charge < -0.3 is 11.1 Å². The molecule has 2 atom stereocenters. The second-order valence-electron chi connectivity index (χ2n) is 6.17. The Morgan fingerprint density at radius 3 is 2.52 bits per heavy atom. The Kier molecular flexibility index (Phi) is 5.34. The second-order valence-corrected chi connectivity index (χ2v) is 6.17. The molecule has 1 aliphatic rings. The lowest BCUT2D eigenvalue weighted by Gasteiger charge is -2.20. The van der Waals surface area contributed by atoms with E-state index in [2.05, 4.69) is 5.32 Å². The Morgan fingerprint density at radius 2 is 1.86 bits per heavy atom. The van der Waals surface area contributed by atoms with Crippen molar-refractivity contribution in [3.8, 4) is 0 Å². The number of benzene rings is 1. The number of aryl methyl sites for hydroxylation is 2. The van der Waals surface area contributed by atoms with Crippen LogP contribution in [0, 0.1) is 25.6 Å². The number of rotatable bonds is 3. The second kappa shape index (κ2) is 7.03. The molecule has 4 heteroatoms. The van der Waals surface area contributed by atoms with Gasteiger partial charge in [-0.2, -0.15) is 0 Å². The molecule has 0 radical (unpaired) electrons. The summed E-state index contributed by atoms with van der Waals surface area (Å²) in [6.45, 7) is 3.92. The molecule has 0 heterocycles. The molecule has 1 fully saturated rings. The van der Waals surface area contributed by atoms with Gasteiger partial charge in [-0.3, -0.25) is 4.79 Å². The molecular weight excluding hydrogens is 267 g/mol. The zero-order valence-electron chi connectivity index (χ0n) is 12.9. The van der Waals surface area contributed by atoms with Crippen LogP contribution in [0.25, 0.3) is 0 Å². The Hall–Kier alpha value is -1.42. The van der Waals surface area contributed by atoms with Crippen molar-refractivity contribution in [1.29, 1.82) is 0 Å². The summed E-state index contributed by atoms with van der Waals surface area (Å²) in [4.78, 5) is 12.3. The van der Waals surface area contributed by atoms with Crippen LogP contribution >= 0.6 is 0 Å². The predicted octanol–water partition coefficient (Wildman–Crippen LogP) is 2.97. The molecule has 3 N–H and O–H groups in total. The first-order chi connectivity index (χ1) is 9.99. The molecule has 1 aliphatic carbocycles. The molecule has 116 valence electrons. The van der Waals surface area contributed by atoms with Crippen LogP contribution in [-0.4, -0.2) is 11.9 Å². The average molecular weight is 292 g/mol. The third-order valence-corrected chi connectivity index (χ3v) is 4.37. The van der Waals surface area contributed by atoms with Gasteiger partial charge in [0.1, 0.15) is 5.82 Å². The van der Waals surface area contributed by atoms with Gasteiger partial charge in [0.05, 0.1) is 5.92 Å². The SMILES string of the molecule is Cc1cc(CNC(=O)C2CCCCCC2N)cc(C)c1F. The zero-order chi connectivity index (χ0) is 15.4. The Labute approximate surface area is 126 Å². The van der Waals surface area contributed by atoms with Gasteiger partial charge >= 0.3 is 0 Å². The lowest BCUT2D eigenvalue weighted by Crippen LogP contribution is -2.41. The maximum absolute atomic E-state index is 13.6. The molecule has 2 unspecified atom stereocenters. The van der Waals surface area contributed by atoms with E-state index in [1.165, 1.54) is 0 Å². The van der Waals surface area contributed by atoms with Crippen LogP contribution in [0.5, 0.6) is 0 Å². The first kappa shape index (κ1) is 16.0. The van der Waals surface area contributed by atoms with Crippen LogP contribution < -0.4 is 11.1 Å². The third-order valence-electron chi connectivity index (χ3n) is 4.37. The largest absolute Gasteiger partial charge is 0.352 e. The van der Waals surface area contributed by atoms with Crippen LogP contribution in [0.4, 0.5) is 4.39 Å². The first-order valence-electron chi connectivity index (χ1n) is 7.78. The topological polar surface area (TPSA) is 55.1 Å². The van der Waals surface area contributed by atoms with Crippen LogP contribution in [0.1, 0.15) is 48.8 Å². The Bertz CT molecular complexity index is 493. The van der Waals surface area contributed by atoms with E-state index in [9.17, 15) is 9.18 Å². The van der Waals surface area contributed by atoms with Gasteiger partial charge in [-0.25, -0.2) is 4.39 Å². The van der Waals surface area contributed by atoms with Crippen molar-refractivity contribution >= 4 is 5.91 Å². The highest BCUT2D eigenvalue weighted by molar-refractivity contribution is 5.79. The Morgan fingerprint density at radius 1 is 1.24 bits per heavy atom. The van der Waals surface area contributed by atoms with E-state index in [0.717, 1.165) is 37.7 Å². The van der Waals surface area contributed by atoms with Gasteiger partial charge in [0.2, 0.25) is 5.91 Å². The quantitative estimate of drug-likeness (QED) is 0.842. The van der Waals surface area contributed by atoms with E-state index in [1.807, 2.05) is 0 Å². The summed E-state index contributed by atoms with van der Waals surface area (Å²) in [6, 6.07) is 3.54. The van der Waals surface area contributed by atoms with Crippen LogP contribution in [-0.2, 0) is 11.3 Å². The molecule has 0 aromatic heterocycles. The van der Waals surface area contributed by atoms with E-state index in [0.29, 0.717) is 17.7 Å². The zero-order valence-corrected chi connectivity index (χ0v) is 12.9. The Balaban J connectivity index is 1.97. The smallest absolute Gasteiger partial charge is 0.224 e.